The third-order valence-electron chi connectivity index (χ3n) is 4.48. The predicted molar refractivity (Wildman–Crippen MR) is 119 cm³/mol. The maximum atomic E-state index is 12.6. The Balaban J connectivity index is 1.39. The average molecular weight is 420 g/mol. The van der Waals surface area contributed by atoms with Crippen LogP contribution < -0.4 is 10.1 Å². The van der Waals surface area contributed by atoms with Crippen molar-refractivity contribution >= 4 is 34.1 Å². The van der Waals surface area contributed by atoms with Gasteiger partial charge in [0.1, 0.15) is 5.75 Å². The summed E-state index contributed by atoms with van der Waals surface area (Å²) in [6, 6.07) is 21.3. The van der Waals surface area contributed by atoms with Gasteiger partial charge in [0, 0.05) is 11.3 Å². The highest BCUT2D eigenvalue weighted by Crippen LogP contribution is 2.28. The van der Waals surface area contributed by atoms with Gasteiger partial charge < -0.3 is 14.5 Å². The number of benzene rings is 3. The molecule has 3 aromatic carbocycles. The molecular formula is C23H21N3O3S. The molecule has 7 heteroatoms. The van der Waals surface area contributed by atoms with E-state index in [0.717, 1.165) is 27.8 Å². The minimum absolute atomic E-state index is 0.129. The highest BCUT2D eigenvalue weighted by Gasteiger charge is 2.19. The van der Waals surface area contributed by atoms with E-state index in [4.69, 9.17) is 9.15 Å². The van der Waals surface area contributed by atoms with Crippen LogP contribution >= 0.6 is 11.8 Å². The van der Waals surface area contributed by atoms with Crippen molar-refractivity contribution in [3.63, 3.8) is 0 Å². The molecule has 4 aromatic rings. The van der Waals surface area contributed by atoms with E-state index in [9.17, 15) is 4.79 Å². The zero-order valence-corrected chi connectivity index (χ0v) is 17.5. The summed E-state index contributed by atoms with van der Waals surface area (Å²) >= 11 is 1.22. The highest BCUT2D eigenvalue weighted by atomic mass is 32.2. The van der Waals surface area contributed by atoms with Gasteiger partial charge in [0.15, 0.2) is 0 Å². The van der Waals surface area contributed by atoms with Crippen molar-refractivity contribution in [2.75, 3.05) is 11.9 Å². The van der Waals surface area contributed by atoms with E-state index < -0.39 is 5.25 Å². The molecule has 1 amide bonds. The summed E-state index contributed by atoms with van der Waals surface area (Å²) in [6.07, 6.45) is 0. The third-order valence-corrected chi connectivity index (χ3v) is 5.42. The standard InChI is InChI=1S/C23H21N3O3S/c1-3-28-20-12-9-17(10-13-20)22-25-26-23(29-22)30-15(2)21(27)24-19-11-8-16-6-4-5-7-18(16)14-19/h4-15H,3H2,1-2H3,(H,24,27). The van der Waals surface area contributed by atoms with E-state index in [1.807, 2.05) is 80.6 Å². The molecule has 0 fully saturated rings. The fourth-order valence-electron chi connectivity index (χ4n) is 2.95. The molecule has 0 aliphatic heterocycles. The summed E-state index contributed by atoms with van der Waals surface area (Å²) in [4.78, 5) is 12.6. The maximum Gasteiger partial charge on any atom is 0.277 e. The largest absolute Gasteiger partial charge is 0.494 e. The van der Waals surface area contributed by atoms with Crippen LogP contribution in [0.2, 0.25) is 0 Å². The van der Waals surface area contributed by atoms with E-state index in [0.29, 0.717) is 17.7 Å². The average Bonchev–Trinajstić information content (AvgIpc) is 3.23. The van der Waals surface area contributed by atoms with Gasteiger partial charge in [-0.25, -0.2) is 0 Å². The van der Waals surface area contributed by atoms with Crippen molar-refractivity contribution in [3.8, 4) is 17.2 Å². The van der Waals surface area contributed by atoms with Crippen LogP contribution in [-0.4, -0.2) is 28.0 Å². The summed E-state index contributed by atoms with van der Waals surface area (Å²) in [7, 11) is 0. The van der Waals surface area contributed by atoms with Crippen molar-refractivity contribution in [1.82, 2.24) is 10.2 Å². The Labute approximate surface area is 178 Å². The number of thioether (sulfide) groups is 1. The topological polar surface area (TPSA) is 77.2 Å². The molecule has 1 heterocycles. The Bertz CT molecular complexity index is 1160. The number of nitrogens with one attached hydrogen (secondary N) is 1. The first-order chi connectivity index (χ1) is 14.6. The molecule has 0 bridgehead atoms. The van der Waals surface area contributed by atoms with E-state index in [2.05, 4.69) is 15.5 Å². The van der Waals surface area contributed by atoms with Crippen LogP contribution in [0.15, 0.2) is 76.4 Å². The second-order valence-corrected chi connectivity index (χ2v) is 7.93. The molecule has 6 nitrogen and oxygen atoms in total. The number of nitrogens with zero attached hydrogens (tertiary/aromatic N) is 2. The summed E-state index contributed by atoms with van der Waals surface area (Å²) in [6.45, 7) is 4.36. The van der Waals surface area contributed by atoms with Crippen LogP contribution in [0.25, 0.3) is 22.2 Å². The first-order valence-corrected chi connectivity index (χ1v) is 10.5. The molecule has 1 aromatic heterocycles. The minimum atomic E-state index is -0.398. The number of hydrogen-bond donors (Lipinski definition) is 1. The maximum absolute atomic E-state index is 12.6. The molecule has 0 saturated heterocycles. The lowest BCUT2D eigenvalue weighted by Crippen LogP contribution is -2.22. The number of ether oxygens (including phenoxy) is 1. The number of rotatable bonds is 7. The van der Waals surface area contributed by atoms with Crippen LogP contribution in [-0.2, 0) is 4.79 Å². The van der Waals surface area contributed by atoms with Crippen molar-refractivity contribution in [3.05, 3.63) is 66.7 Å². The third kappa shape index (κ3) is 4.63. The molecule has 0 spiro atoms. The number of hydrogen-bond acceptors (Lipinski definition) is 6. The Morgan fingerprint density at radius 2 is 1.83 bits per heavy atom. The second kappa shape index (κ2) is 9.00. The van der Waals surface area contributed by atoms with E-state index in [1.54, 1.807) is 0 Å². The fourth-order valence-corrected chi connectivity index (χ4v) is 3.63. The Hall–Kier alpha value is -3.32. The zero-order chi connectivity index (χ0) is 20.9. The van der Waals surface area contributed by atoms with Gasteiger partial charge in [-0.3, -0.25) is 4.79 Å². The fraction of sp³-hybridized carbons (Fsp3) is 0.174. The SMILES string of the molecule is CCOc1ccc(-c2nnc(SC(C)C(=O)Nc3ccc4ccccc4c3)o2)cc1. The first kappa shape index (κ1) is 20.0. The van der Waals surface area contributed by atoms with Gasteiger partial charge in [0.05, 0.1) is 11.9 Å². The molecule has 0 radical (unpaired) electrons. The first-order valence-electron chi connectivity index (χ1n) is 9.65. The minimum Gasteiger partial charge on any atom is -0.494 e. The van der Waals surface area contributed by atoms with Crippen molar-refractivity contribution < 1.29 is 13.9 Å². The van der Waals surface area contributed by atoms with Gasteiger partial charge in [-0.15, -0.1) is 10.2 Å². The van der Waals surface area contributed by atoms with Crippen LogP contribution in [0, 0.1) is 0 Å². The Morgan fingerprint density at radius 1 is 1.07 bits per heavy atom. The molecule has 30 heavy (non-hydrogen) atoms. The van der Waals surface area contributed by atoms with E-state index in [1.165, 1.54) is 11.8 Å². The van der Waals surface area contributed by atoms with Gasteiger partial charge in [-0.2, -0.15) is 0 Å². The molecule has 0 aliphatic carbocycles. The lowest BCUT2D eigenvalue weighted by atomic mass is 10.1. The highest BCUT2D eigenvalue weighted by molar-refractivity contribution is 8.00. The zero-order valence-electron chi connectivity index (χ0n) is 16.7. The Morgan fingerprint density at radius 3 is 2.60 bits per heavy atom. The monoisotopic (exact) mass is 419 g/mol. The molecular weight excluding hydrogens is 398 g/mol. The lowest BCUT2D eigenvalue weighted by molar-refractivity contribution is -0.115. The summed E-state index contributed by atoms with van der Waals surface area (Å²) in [5.41, 5.74) is 1.55. The quantitative estimate of drug-likeness (QED) is 0.404. The van der Waals surface area contributed by atoms with E-state index in [-0.39, 0.29) is 5.91 Å². The van der Waals surface area contributed by atoms with Crippen LogP contribution in [0.5, 0.6) is 5.75 Å². The Kier molecular flexibility index (Phi) is 5.99. The van der Waals surface area contributed by atoms with Crippen molar-refractivity contribution in [2.45, 2.75) is 24.3 Å². The number of anilines is 1. The summed E-state index contributed by atoms with van der Waals surface area (Å²) in [5.74, 6) is 1.06. The normalized spacial score (nSPS) is 11.9. The molecule has 0 saturated carbocycles. The molecule has 4 rings (SSSR count). The van der Waals surface area contributed by atoms with Crippen LogP contribution in [0.4, 0.5) is 5.69 Å². The molecule has 152 valence electrons. The number of fused-ring (bicyclic) bond motifs is 1. The van der Waals surface area contributed by atoms with Gasteiger partial charge >= 0.3 is 0 Å². The molecule has 1 atom stereocenters. The number of amides is 1. The molecule has 1 unspecified atom stereocenters. The summed E-state index contributed by atoms with van der Waals surface area (Å²) in [5, 5.41) is 13.2. The van der Waals surface area contributed by atoms with E-state index >= 15 is 0 Å². The number of aromatic nitrogens is 2. The summed E-state index contributed by atoms with van der Waals surface area (Å²) < 4.78 is 11.2. The molecule has 1 N–H and O–H groups in total. The van der Waals surface area contributed by atoms with Crippen LogP contribution in [0.1, 0.15) is 13.8 Å². The second-order valence-electron chi connectivity index (χ2n) is 6.64. The molecule has 0 aliphatic rings. The predicted octanol–water partition coefficient (Wildman–Crippen LogP) is 5.41. The van der Waals surface area contributed by atoms with Crippen molar-refractivity contribution in [2.24, 2.45) is 0 Å². The van der Waals surface area contributed by atoms with Gasteiger partial charge in [0.25, 0.3) is 5.22 Å². The van der Waals surface area contributed by atoms with Gasteiger partial charge in [-0.1, -0.05) is 42.1 Å². The van der Waals surface area contributed by atoms with Gasteiger partial charge in [0.2, 0.25) is 11.8 Å². The van der Waals surface area contributed by atoms with Crippen LogP contribution in [0.3, 0.4) is 0 Å². The lowest BCUT2D eigenvalue weighted by Gasteiger charge is -2.10. The smallest absolute Gasteiger partial charge is 0.277 e. The number of carbonyl (C=O) groups is 1. The van der Waals surface area contributed by atoms with Gasteiger partial charge in [-0.05, 0) is 61.0 Å². The van der Waals surface area contributed by atoms with Crippen molar-refractivity contribution in [1.29, 1.82) is 0 Å². The number of carbonyl (C=O) groups excluding carboxylic acids is 1.